The maximum atomic E-state index is 13.3. The minimum atomic E-state index is -4.35. The fourth-order valence-corrected chi connectivity index (χ4v) is 6.19. The van der Waals surface area contributed by atoms with Crippen molar-refractivity contribution in [2.45, 2.75) is 44.9 Å². The maximum Gasteiger partial charge on any atom is 0.416 e. The molecular weight excluding hydrogens is 527 g/mol. The summed E-state index contributed by atoms with van der Waals surface area (Å²) in [5.74, 6) is 0.333. The van der Waals surface area contributed by atoms with E-state index in [0.717, 1.165) is 62.9 Å². The third-order valence-electron chi connectivity index (χ3n) is 8.39. The van der Waals surface area contributed by atoms with E-state index in [9.17, 15) is 18.0 Å². The molecule has 0 saturated carbocycles. The van der Waals surface area contributed by atoms with Crippen LogP contribution < -0.4 is 10.2 Å². The van der Waals surface area contributed by atoms with Gasteiger partial charge in [-0.15, -0.1) is 0 Å². The van der Waals surface area contributed by atoms with Gasteiger partial charge in [-0.3, -0.25) is 19.6 Å². The Morgan fingerprint density at radius 1 is 1.00 bits per heavy atom. The molecule has 2 saturated heterocycles. The number of alkyl halides is 3. The van der Waals surface area contributed by atoms with Crippen molar-refractivity contribution in [1.29, 1.82) is 0 Å². The van der Waals surface area contributed by atoms with Crippen molar-refractivity contribution in [2.24, 2.45) is 5.92 Å². The first-order valence-corrected chi connectivity index (χ1v) is 14.4. The topological polar surface area (TPSA) is 51.7 Å². The lowest BCUT2D eigenvalue weighted by Crippen LogP contribution is -2.56. The van der Waals surface area contributed by atoms with Gasteiger partial charge in [0, 0.05) is 75.5 Å². The molecule has 3 aromatic rings. The Balaban J connectivity index is 1.23. The summed E-state index contributed by atoms with van der Waals surface area (Å²) < 4.78 is 39.8. The van der Waals surface area contributed by atoms with Crippen molar-refractivity contribution < 1.29 is 18.0 Å². The molecule has 3 heterocycles. The molecule has 0 aliphatic carbocycles. The Morgan fingerprint density at radius 2 is 1.80 bits per heavy atom. The SMILES string of the molecule is Cc1ccccc1NC(=O)CC[C@@H]1CN(Cc2cccnc2)CC[C@@H]1N1CCN(c2cccc(C(F)(F)F)c2)CC1. The van der Waals surface area contributed by atoms with Crippen LogP contribution in [0.4, 0.5) is 24.5 Å². The van der Waals surface area contributed by atoms with E-state index in [2.05, 4.69) is 26.2 Å². The van der Waals surface area contributed by atoms with E-state index in [1.807, 2.05) is 48.4 Å². The van der Waals surface area contributed by atoms with E-state index in [1.165, 1.54) is 17.7 Å². The van der Waals surface area contributed by atoms with E-state index in [4.69, 9.17) is 0 Å². The van der Waals surface area contributed by atoms with Gasteiger partial charge in [0.25, 0.3) is 0 Å². The second-order valence-electron chi connectivity index (χ2n) is 11.2. The first-order chi connectivity index (χ1) is 19.8. The third kappa shape index (κ3) is 7.65. The molecule has 2 aromatic carbocycles. The number of carbonyl (C=O) groups is 1. The summed E-state index contributed by atoms with van der Waals surface area (Å²) in [6.07, 6.45) is 1.56. The quantitative estimate of drug-likeness (QED) is 0.372. The number of nitrogens with zero attached hydrogens (tertiary/aromatic N) is 4. The van der Waals surface area contributed by atoms with Crippen LogP contribution in [0, 0.1) is 12.8 Å². The number of aryl methyl sites for hydroxylation is 1. The molecule has 2 fully saturated rings. The number of hydrogen-bond acceptors (Lipinski definition) is 5. The first kappa shape index (κ1) is 29.1. The molecule has 2 atom stereocenters. The van der Waals surface area contributed by atoms with Gasteiger partial charge in [-0.1, -0.05) is 30.3 Å². The van der Waals surface area contributed by atoms with Crippen LogP contribution in [0.1, 0.15) is 36.0 Å². The minimum Gasteiger partial charge on any atom is -0.369 e. The van der Waals surface area contributed by atoms with Crippen molar-refractivity contribution in [3.8, 4) is 0 Å². The summed E-state index contributed by atoms with van der Waals surface area (Å²) >= 11 is 0. The van der Waals surface area contributed by atoms with Crippen LogP contribution in [0.3, 0.4) is 0 Å². The number of piperidine rings is 1. The van der Waals surface area contributed by atoms with Crippen molar-refractivity contribution in [1.82, 2.24) is 14.8 Å². The standard InChI is InChI=1S/C32H38F3N5O/c1-24-6-2-3-10-29(24)37-31(41)12-11-26-23-38(22-25-7-5-14-36-21-25)15-13-30(26)40-18-16-39(17-19-40)28-9-4-8-27(20-28)32(33,34)35/h2-10,14,20-21,26,30H,11-13,15-19,22-23H2,1H3,(H,37,41)/t26-,30+/m1/s1. The van der Waals surface area contributed by atoms with Gasteiger partial charge in [0.1, 0.15) is 0 Å². The number of aromatic nitrogens is 1. The predicted octanol–water partition coefficient (Wildman–Crippen LogP) is 5.84. The average Bonchev–Trinajstić information content (AvgIpc) is 2.98. The molecule has 5 rings (SSSR count). The molecule has 2 aliphatic heterocycles. The molecular formula is C32H38F3N5O. The summed E-state index contributed by atoms with van der Waals surface area (Å²) in [6.45, 7) is 7.60. The van der Waals surface area contributed by atoms with Gasteiger partial charge < -0.3 is 10.2 Å². The number of carbonyl (C=O) groups excluding carboxylic acids is 1. The van der Waals surface area contributed by atoms with E-state index in [1.54, 1.807) is 12.3 Å². The number of nitrogens with one attached hydrogen (secondary N) is 1. The summed E-state index contributed by atoms with van der Waals surface area (Å²) in [6, 6.07) is 17.8. The lowest BCUT2D eigenvalue weighted by Gasteiger charge is -2.47. The minimum absolute atomic E-state index is 0.0248. The summed E-state index contributed by atoms with van der Waals surface area (Å²) in [4.78, 5) is 24.2. The van der Waals surface area contributed by atoms with Gasteiger partial charge in [0.15, 0.2) is 0 Å². The number of hydrogen-bond donors (Lipinski definition) is 1. The van der Waals surface area contributed by atoms with Crippen LogP contribution in [0.2, 0.25) is 0 Å². The Kier molecular flexibility index (Phi) is 9.25. The van der Waals surface area contributed by atoms with Gasteiger partial charge in [0.05, 0.1) is 5.56 Å². The lowest BCUT2D eigenvalue weighted by atomic mass is 9.86. The largest absolute Gasteiger partial charge is 0.416 e. The Hall–Kier alpha value is -3.43. The van der Waals surface area contributed by atoms with Crippen LogP contribution in [-0.4, -0.2) is 66.0 Å². The van der Waals surface area contributed by atoms with Crippen molar-refractivity contribution in [2.75, 3.05) is 49.5 Å². The van der Waals surface area contributed by atoms with Crippen LogP contribution in [-0.2, 0) is 17.5 Å². The number of pyridine rings is 1. The van der Waals surface area contributed by atoms with E-state index in [-0.39, 0.29) is 5.91 Å². The molecule has 1 amide bonds. The highest BCUT2D eigenvalue weighted by Crippen LogP contribution is 2.33. The highest BCUT2D eigenvalue weighted by atomic mass is 19.4. The highest BCUT2D eigenvalue weighted by Gasteiger charge is 2.35. The number of piperazine rings is 1. The summed E-state index contributed by atoms with van der Waals surface area (Å²) in [5, 5.41) is 3.07. The summed E-state index contributed by atoms with van der Waals surface area (Å²) in [5.41, 5.74) is 3.08. The number of likely N-dealkylation sites (tertiary alicyclic amines) is 1. The summed E-state index contributed by atoms with van der Waals surface area (Å²) in [7, 11) is 0. The maximum absolute atomic E-state index is 13.3. The molecule has 218 valence electrons. The molecule has 1 aromatic heterocycles. The first-order valence-electron chi connectivity index (χ1n) is 14.4. The van der Waals surface area contributed by atoms with Crippen molar-refractivity contribution in [3.05, 3.63) is 89.7 Å². The second kappa shape index (κ2) is 13.0. The number of benzene rings is 2. The Labute approximate surface area is 240 Å². The van der Waals surface area contributed by atoms with E-state index >= 15 is 0 Å². The number of rotatable bonds is 8. The fourth-order valence-electron chi connectivity index (χ4n) is 6.19. The molecule has 0 radical (unpaired) electrons. The molecule has 41 heavy (non-hydrogen) atoms. The van der Waals surface area contributed by atoms with E-state index in [0.29, 0.717) is 37.2 Å². The molecule has 9 heteroatoms. The number of amides is 1. The molecule has 0 bridgehead atoms. The zero-order chi connectivity index (χ0) is 28.8. The highest BCUT2D eigenvalue weighted by molar-refractivity contribution is 5.91. The number of para-hydroxylation sites is 1. The molecule has 2 aliphatic rings. The molecule has 1 N–H and O–H groups in total. The molecule has 6 nitrogen and oxygen atoms in total. The third-order valence-corrected chi connectivity index (χ3v) is 8.39. The van der Waals surface area contributed by atoms with Gasteiger partial charge >= 0.3 is 6.18 Å². The van der Waals surface area contributed by atoms with Gasteiger partial charge in [0.2, 0.25) is 5.91 Å². The molecule has 0 spiro atoms. The van der Waals surface area contributed by atoms with Gasteiger partial charge in [-0.25, -0.2) is 0 Å². The van der Waals surface area contributed by atoms with Crippen molar-refractivity contribution in [3.63, 3.8) is 0 Å². The smallest absolute Gasteiger partial charge is 0.369 e. The van der Waals surface area contributed by atoms with Crippen LogP contribution in [0.5, 0.6) is 0 Å². The lowest BCUT2D eigenvalue weighted by molar-refractivity contribution is -0.137. The zero-order valence-corrected chi connectivity index (χ0v) is 23.5. The number of anilines is 2. The van der Waals surface area contributed by atoms with Crippen LogP contribution in [0.25, 0.3) is 0 Å². The normalized spacial score (nSPS) is 20.6. The monoisotopic (exact) mass is 565 g/mol. The van der Waals surface area contributed by atoms with Gasteiger partial charge in [-0.2, -0.15) is 13.2 Å². The second-order valence-corrected chi connectivity index (χ2v) is 11.2. The van der Waals surface area contributed by atoms with Crippen molar-refractivity contribution >= 4 is 17.3 Å². The zero-order valence-electron chi connectivity index (χ0n) is 23.5. The fraction of sp³-hybridized carbons (Fsp3) is 0.438. The van der Waals surface area contributed by atoms with E-state index < -0.39 is 11.7 Å². The number of halogens is 3. The average molecular weight is 566 g/mol. The Morgan fingerprint density at radius 3 is 2.54 bits per heavy atom. The molecule has 0 unspecified atom stereocenters. The Bertz CT molecular complexity index is 1290. The van der Waals surface area contributed by atoms with Crippen LogP contribution in [0.15, 0.2) is 73.1 Å². The predicted molar refractivity (Wildman–Crippen MR) is 156 cm³/mol. The van der Waals surface area contributed by atoms with Crippen LogP contribution >= 0.6 is 0 Å². The van der Waals surface area contributed by atoms with Gasteiger partial charge in [-0.05, 0) is 73.7 Å².